The van der Waals surface area contributed by atoms with Gasteiger partial charge in [0.15, 0.2) is 5.11 Å². The van der Waals surface area contributed by atoms with E-state index in [0.29, 0.717) is 0 Å². The van der Waals surface area contributed by atoms with Crippen molar-refractivity contribution in [2.45, 2.75) is 6.92 Å². The minimum absolute atomic E-state index is 0.734. The number of fused-ring (bicyclic) bond motifs is 1. The topological polar surface area (TPSA) is 49.9 Å². The number of ether oxygens (including phenoxy) is 2. The van der Waals surface area contributed by atoms with E-state index in [1.54, 1.807) is 14.2 Å². The van der Waals surface area contributed by atoms with Gasteiger partial charge in [-0.15, -0.1) is 0 Å². The monoisotopic (exact) mass is 422 g/mol. The van der Waals surface area contributed by atoms with Gasteiger partial charge in [-0.3, -0.25) is 4.98 Å². The molecule has 6 nitrogen and oxygen atoms in total. The van der Waals surface area contributed by atoms with E-state index in [1.807, 2.05) is 43.3 Å². The molecule has 1 fully saturated rings. The average molecular weight is 423 g/mol. The summed E-state index contributed by atoms with van der Waals surface area (Å²) < 4.78 is 10.8. The highest BCUT2D eigenvalue weighted by Gasteiger charge is 2.21. The van der Waals surface area contributed by atoms with Gasteiger partial charge in [-0.1, -0.05) is 18.2 Å². The largest absolute Gasteiger partial charge is 0.497 e. The predicted octanol–water partition coefficient (Wildman–Crippen LogP) is 4.08. The summed E-state index contributed by atoms with van der Waals surface area (Å²) in [5.74, 6) is 1.59. The lowest BCUT2D eigenvalue weighted by Crippen LogP contribution is -2.50. The first-order valence-corrected chi connectivity index (χ1v) is 10.4. The van der Waals surface area contributed by atoms with Crippen LogP contribution in [0.2, 0.25) is 0 Å². The Kier molecular flexibility index (Phi) is 5.90. The first-order valence-electron chi connectivity index (χ1n) is 9.97. The van der Waals surface area contributed by atoms with E-state index in [9.17, 15) is 0 Å². The lowest BCUT2D eigenvalue weighted by Gasteiger charge is -2.37. The second kappa shape index (κ2) is 8.75. The number of anilines is 2. The Morgan fingerprint density at radius 2 is 1.63 bits per heavy atom. The Hall–Kier alpha value is -3.06. The second-order valence-corrected chi connectivity index (χ2v) is 7.68. The van der Waals surface area contributed by atoms with E-state index >= 15 is 0 Å². The Bertz CT molecular complexity index is 1040. The number of rotatable bonds is 4. The molecule has 0 unspecified atom stereocenters. The number of piperazine rings is 1. The second-order valence-electron chi connectivity index (χ2n) is 7.29. The number of aryl methyl sites for hydroxylation is 1. The van der Waals surface area contributed by atoms with Gasteiger partial charge < -0.3 is 24.6 Å². The van der Waals surface area contributed by atoms with Crippen molar-refractivity contribution in [1.82, 2.24) is 9.88 Å². The van der Waals surface area contributed by atoms with Crippen molar-refractivity contribution < 1.29 is 9.47 Å². The Balaban J connectivity index is 1.42. The summed E-state index contributed by atoms with van der Waals surface area (Å²) in [6.45, 7) is 5.42. The molecule has 0 atom stereocenters. The van der Waals surface area contributed by atoms with Crippen molar-refractivity contribution >= 4 is 39.6 Å². The molecule has 0 spiro atoms. The van der Waals surface area contributed by atoms with E-state index in [2.05, 4.69) is 32.2 Å². The highest BCUT2D eigenvalue weighted by atomic mass is 32.1. The highest BCUT2D eigenvalue weighted by molar-refractivity contribution is 7.80. The Labute approximate surface area is 182 Å². The number of aromatic nitrogens is 1. The third kappa shape index (κ3) is 4.26. The molecule has 30 heavy (non-hydrogen) atoms. The highest BCUT2D eigenvalue weighted by Crippen LogP contribution is 2.29. The van der Waals surface area contributed by atoms with Gasteiger partial charge in [-0.25, -0.2) is 0 Å². The molecule has 2 heterocycles. The first kappa shape index (κ1) is 20.2. The maximum atomic E-state index is 5.70. The molecule has 4 rings (SSSR count). The van der Waals surface area contributed by atoms with E-state index in [-0.39, 0.29) is 0 Å². The summed E-state index contributed by atoms with van der Waals surface area (Å²) in [5.41, 5.74) is 3.99. The summed E-state index contributed by atoms with van der Waals surface area (Å²) in [7, 11) is 3.34. The molecule has 0 bridgehead atoms. The Morgan fingerprint density at radius 3 is 2.30 bits per heavy atom. The van der Waals surface area contributed by atoms with Gasteiger partial charge in [-0.2, -0.15) is 0 Å². The van der Waals surface area contributed by atoms with Crippen molar-refractivity contribution in [3.63, 3.8) is 0 Å². The van der Waals surface area contributed by atoms with E-state index in [0.717, 1.165) is 70.8 Å². The van der Waals surface area contributed by atoms with Crippen LogP contribution in [0.15, 0.2) is 48.5 Å². The zero-order valence-electron chi connectivity index (χ0n) is 17.5. The van der Waals surface area contributed by atoms with Crippen molar-refractivity contribution in [2.75, 3.05) is 50.6 Å². The van der Waals surface area contributed by atoms with Crippen molar-refractivity contribution in [1.29, 1.82) is 0 Å². The maximum absolute atomic E-state index is 5.70. The van der Waals surface area contributed by atoms with Crippen molar-refractivity contribution in [3.8, 4) is 11.5 Å². The van der Waals surface area contributed by atoms with Gasteiger partial charge in [0.2, 0.25) is 0 Å². The smallest absolute Gasteiger partial charge is 0.173 e. The average Bonchev–Trinajstić information content (AvgIpc) is 2.79. The number of methoxy groups -OCH3 is 2. The third-order valence-corrected chi connectivity index (χ3v) is 5.78. The fraction of sp³-hybridized carbons (Fsp3) is 0.304. The molecule has 1 aromatic heterocycles. The minimum Gasteiger partial charge on any atom is -0.497 e. The van der Waals surface area contributed by atoms with Crippen LogP contribution in [0.1, 0.15) is 5.69 Å². The fourth-order valence-electron chi connectivity index (χ4n) is 3.68. The molecule has 1 aliphatic rings. The molecule has 1 aliphatic heterocycles. The zero-order valence-corrected chi connectivity index (χ0v) is 18.3. The number of nitrogens with zero attached hydrogens (tertiary/aromatic N) is 3. The van der Waals surface area contributed by atoms with Crippen LogP contribution in [0.3, 0.4) is 0 Å². The lowest BCUT2D eigenvalue weighted by molar-refractivity contribution is 0.384. The fourth-order valence-corrected chi connectivity index (χ4v) is 3.97. The predicted molar refractivity (Wildman–Crippen MR) is 126 cm³/mol. The summed E-state index contributed by atoms with van der Waals surface area (Å²) in [4.78, 5) is 9.22. The van der Waals surface area contributed by atoms with E-state index in [1.165, 1.54) is 0 Å². The first-order chi connectivity index (χ1) is 14.6. The van der Waals surface area contributed by atoms with E-state index in [4.69, 9.17) is 21.7 Å². The van der Waals surface area contributed by atoms with Crippen LogP contribution in [-0.2, 0) is 0 Å². The molecular formula is C23H26N4O2S. The SMILES string of the molecule is COc1cc(OC)cc(N2CCN(C(=S)Nc3cc4ccccc4nc3C)CC2)c1. The van der Waals surface area contributed by atoms with Crippen LogP contribution in [-0.4, -0.2) is 55.4 Å². The summed E-state index contributed by atoms with van der Waals surface area (Å²) in [6, 6.07) is 16.2. The van der Waals surface area contributed by atoms with Gasteiger partial charge in [0.05, 0.1) is 31.1 Å². The third-order valence-electron chi connectivity index (χ3n) is 5.42. The molecule has 3 aromatic rings. The maximum Gasteiger partial charge on any atom is 0.173 e. The Morgan fingerprint density at radius 1 is 0.967 bits per heavy atom. The summed E-state index contributed by atoms with van der Waals surface area (Å²) in [6.07, 6.45) is 0. The molecule has 0 radical (unpaired) electrons. The number of benzene rings is 2. The standard InChI is InChI=1S/C23H26N4O2S/c1-16-22(12-17-6-4-5-7-21(17)24-16)25-23(30)27-10-8-26(9-11-27)18-13-19(28-2)15-20(14-18)29-3/h4-7,12-15H,8-11H2,1-3H3,(H,25,30). The number of hydrogen-bond donors (Lipinski definition) is 1. The summed E-state index contributed by atoms with van der Waals surface area (Å²) in [5, 5.41) is 5.24. The molecule has 0 aliphatic carbocycles. The van der Waals surface area contributed by atoms with Gasteiger partial charge >= 0.3 is 0 Å². The normalized spacial score (nSPS) is 14.0. The molecular weight excluding hydrogens is 396 g/mol. The van der Waals surface area contributed by atoms with Crippen LogP contribution in [0.4, 0.5) is 11.4 Å². The number of hydrogen-bond acceptors (Lipinski definition) is 5. The van der Waals surface area contributed by atoms with Crippen LogP contribution in [0, 0.1) is 6.92 Å². The molecule has 0 amide bonds. The lowest BCUT2D eigenvalue weighted by atomic mass is 10.2. The van der Waals surface area contributed by atoms with Crippen LogP contribution >= 0.6 is 12.2 Å². The van der Waals surface area contributed by atoms with Crippen molar-refractivity contribution in [3.05, 3.63) is 54.2 Å². The molecule has 7 heteroatoms. The number of para-hydroxylation sites is 1. The number of thiocarbonyl (C=S) groups is 1. The summed E-state index contributed by atoms with van der Waals surface area (Å²) >= 11 is 5.70. The number of nitrogens with one attached hydrogen (secondary N) is 1. The van der Waals surface area contributed by atoms with Crippen LogP contribution < -0.4 is 19.7 Å². The molecule has 1 N–H and O–H groups in total. The van der Waals surface area contributed by atoms with Crippen molar-refractivity contribution in [2.24, 2.45) is 0 Å². The molecule has 156 valence electrons. The molecule has 1 saturated heterocycles. The van der Waals surface area contributed by atoms with Gasteiger partial charge in [0, 0.05) is 55.5 Å². The van der Waals surface area contributed by atoms with Gasteiger partial charge in [-0.05, 0) is 31.3 Å². The van der Waals surface area contributed by atoms with Gasteiger partial charge in [0.25, 0.3) is 0 Å². The quantitative estimate of drug-likeness (QED) is 0.636. The molecule has 2 aromatic carbocycles. The van der Waals surface area contributed by atoms with Gasteiger partial charge in [0.1, 0.15) is 11.5 Å². The van der Waals surface area contributed by atoms with E-state index < -0.39 is 0 Å². The number of pyridine rings is 1. The van der Waals surface area contributed by atoms with Crippen LogP contribution in [0.5, 0.6) is 11.5 Å². The zero-order chi connectivity index (χ0) is 21.1. The molecule has 0 saturated carbocycles. The minimum atomic E-state index is 0.734. The van der Waals surface area contributed by atoms with Crippen LogP contribution in [0.25, 0.3) is 10.9 Å².